The molecule has 1 aromatic carbocycles. The summed E-state index contributed by atoms with van der Waals surface area (Å²) < 4.78 is 10.4. The van der Waals surface area contributed by atoms with Gasteiger partial charge in [-0.25, -0.2) is 0 Å². The van der Waals surface area contributed by atoms with E-state index in [2.05, 4.69) is 11.7 Å². The molecular weight excluding hydrogens is 352 g/mol. The predicted octanol–water partition coefficient (Wildman–Crippen LogP) is 6.51. The monoisotopic (exact) mass is 390 g/mol. The molecule has 0 aliphatic heterocycles. The van der Waals surface area contributed by atoms with Crippen LogP contribution in [0.1, 0.15) is 101 Å². The van der Waals surface area contributed by atoms with E-state index >= 15 is 0 Å². The van der Waals surface area contributed by atoms with Gasteiger partial charge in [-0.15, -0.1) is 0 Å². The maximum atomic E-state index is 12.2. The molecule has 28 heavy (non-hydrogen) atoms. The average molecular weight is 391 g/mol. The van der Waals surface area contributed by atoms with E-state index in [9.17, 15) is 9.59 Å². The first-order chi connectivity index (χ1) is 13.7. The first-order valence-corrected chi connectivity index (χ1v) is 11.0. The second-order valence-corrected chi connectivity index (χ2v) is 7.41. The minimum atomic E-state index is -0.527. The van der Waals surface area contributed by atoms with Gasteiger partial charge in [0, 0.05) is 0 Å². The number of unbranched alkanes of at least 4 members (excludes halogenated alkanes) is 11. The Bertz CT molecular complexity index is 553. The van der Waals surface area contributed by atoms with Gasteiger partial charge in [-0.1, -0.05) is 89.7 Å². The SMILES string of the molecule is CCCCCCCCCCCCCCOc1ccccc1C(=O)CC(=O)OC. The van der Waals surface area contributed by atoms with Gasteiger partial charge in [0.25, 0.3) is 0 Å². The Morgan fingerprint density at radius 3 is 1.89 bits per heavy atom. The molecule has 1 aromatic rings. The Kier molecular flexibility index (Phi) is 14.0. The molecule has 0 aliphatic carbocycles. The van der Waals surface area contributed by atoms with E-state index < -0.39 is 5.97 Å². The molecule has 0 bridgehead atoms. The number of hydrogen-bond acceptors (Lipinski definition) is 4. The summed E-state index contributed by atoms with van der Waals surface area (Å²) in [7, 11) is 1.28. The van der Waals surface area contributed by atoms with Gasteiger partial charge >= 0.3 is 5.97 Å². The van der Waals surface area contributed by atoms with Gasteiger partial charge < -0.3 is 9.47 Å². The normalized spacial score (nSPS) is 10.6. The van der Waals surface area contributed by atoms with Gasteiger partial charge in [0.1, 0.15) is 12.2 Å². The van der Waals surface area contributed by atoms with Crippen molar-refractivity contribution < 1.29 is 19.1 Å². The number of carbonyl (C=O) groups is 2. The summed E-state index contributed by atoms with van der Waals surface area (Å²) in [6.07, 6.45) is 15.4. The second-order valence-electron chi connectivity index (χ2n) is 7.41. The highest BCUT2D eigenvalue weighted by Gasteiger charge is 2.16. The number of benzene rings is 1. The van der Waals surface area contributed by atoms with Gasteiger partial charge in [-0.2, -0.15) is 0 Å². The van der Waals surface area contributed by atoms with Crippen LogP contribution in [0.25, 0.3) is 0 Å². The van der Waals surface area contributed by atoms with Crippen molar-refractivity contribution in [2.45, 2.75) is 90.4 Å². The van der Waals surface area contributed by atoms with Crippen LogP contribution >= 0.6 is 0 Å². The first-order valence-electron chi connectivity index (χ1n) is 11.0. The van der Waals surface area contributed by atoms with Crippen LogP contribution in [0.15, 0.2) is 24.3 Å². The van der Waals surface area contributed by atoms with Crippen molar-refractivity contribution in [2.75, 3.05) is 13.7 Å². The van der Waals surface area contributed by atoms with Crippen molar-refractivity contribution in [1.29, 1.82) is 0 Å². The molecule has 1 rings (SSSR count). The van der Waals surface area contributed by atoms with Crippen molar-refractivity contribution >= 4 is 11.8 Å². The van der Waals surface area contributed by atoms with Gasteiger partial charge in [-0.05, 0) is 18.6 Å². The van der Waals surface area contributed by atoms with Crippen molar-refractivity contribution in [3.05, 3.63) is 29.8 Å². The smallest absolute Gasteiger partial charge is 0.313 e. The highest BCUT2D eigenvalue weighted by molar-refractivity contribution is 6.07. The number of ether oxygens (including phenoxy) is 2. The quantitative estimate of drug-likeness (QED) is 0.132. The van der Waals surface area contributed by atoms with Crippen molar-refractivity contribution in [3.63, 3.8) is 0 Å². The van der Waals surface area contributed by atoms with E-state index in [1.54, 1.807) is 18.2 Å². The lowest BCUT2D eigenvalue weighted by Crippen LogP contribution is -2.11. The highest BCUT2D eigenvalue weighted by Crippen LogP contribution is 2.20. The Morgan fingerprint density at radius 2 is 1.32 bits per heavy atom. The van der Waals surface area contributed by atoms with E-state index in [4.69, 9.17) is 4.74 Å². The van der Waals surface area contributed by atoms with Crippen LogP contribution in [0, 0.1) is 0 Å². The number of ketones is 1. The molecule has 0 saturated carbocycles. The fourth-order valence-corrected chi connectivity index (χ4v) is 3.25. The summed E-state index contributed by atoms with van der Waals surface area (Å²) in [5.41, 5.74) is 0.451. The summed E-state index contributed by atoms with van der Waals surface area (Å²) in [4.78, 5) is 23.5. The fraction of sp³-hybridized carbons (Fsp3) is 0.667. The summed E-state index contributed by atoms with van der Waals surface area (Å²) in [6, 6.07) is 7.10. The Labute approximate surface area is 171 Å². The van der Waals surface area contributed by atoms with Crippen LogP contribution in [0.4, 0.5) is 0 Å². The van der Waals surface area contributed by atoms with E-state index in [0.717, 1.165) is 12.8 Å². The number of rotatable bonds is 17. The molecule has 0 fully saturated rings. The lowest BCUT2D eigenvalue weighted by atomic mass is 10.1. The molecule has 0 N–H and O–H groups in total. The number of carbonyl (C=O) groups excluding carboxylic acids is 2. The molecule has 4 nitrogen and oxygen atoms in total. The molecule has 158 valence electrons. The minimum Gasteiger partial charge on any atom is -0.493 e. The molecule has 0 atom stereocenters. The second kappa shape index (κ2) is 16.1. The van der Waals surface area contributed by atoms with Crippen LogP contribution in [0.2, 0.25) is 0 Å². The molecule has 0 amide bonds. The van der Waals surface area contributed by atoms with E-state index in [1.807, 2.05) is 6.07 Å². The van der Waals surface area contributed by atoms with Gasteiger partial charge in [0.05, 0.1) is 19.3 Å². The number of methoxy groups -OCH3 is 1. The zero-order valence-electron chi connectivity index (χ0n) is 17.8. The third-order valence-electron chi connectivity index (χ3n) is 4.98. The van der Waals surface area contributed by atoms with Crippen LogP contribution in [0.3, 0.4) is 0 Å². The molecule has 0 aromatic heterocycles. The van der Waals surface area contributed by atoms with E-state index in [1.165, 1.54) is 71.3 Å². The molecular formula is C24H38O4. The Morgan fingerprint density at radius 1 is 0.786 bits per heavy atom. The standard InChI is InChI=1S/C24H38O4/c1-3-4-5-6-7-8-9-10-11-12-13-16-19-28-23-18-15-14-17-21(23)22(25)20-24(26)27-2/h14-15,17-18H,3-13,16,19-20H2,1-2H3. The zero-order valence-corrected chi connectivity index (χ0v) is 17.8. The third-order valence-corrected chi connectivity index (χ3v) is 4.98. The molecule has 0 aliphatic rings. The topological polar surface area (TPSA) is 52.6 Å². The molecule has 0 unspecified atom stereocenters. The molecule has 4 heteroatoms. The van der Waals surface area contributed by atoms with Crippen molar-refractivity contribution in [2.24, 2.45) is 0 Å². The highest BCUT2D eigenvalue weighted by atomic mass is 16.5. The first kappa shape index (κ1) is 24.2. The summed E-state index contributed by atoms with van der Waals surface area (Å²) >= 11 is 0. The number of para-hydroxylation sites is 1. The van der Waals surface area contributed by atoms with Crippen LogP contribution in [-0.2, 0) is 9.53 Å². The number of hydrogen-bond donors (Lipinski definition) is 0. The fourth-order valence-electron chi connectivity index (χ4n) is 3.25. The molecule has 0 radical (unpaired) electrons. The summed E-state index contributed by atoms with van der Waals surface area (Å²) in [5.74, 6) is -0.239. The summed E-state index contributed by atoms with van der Waals surface area (Å²) in [5, 5.41) is 0. The predicted molar refractivity (Wildman–Crippen MR) is 114 cm³/mol. The zero-order chi connectivity index (χ0) is 20.5. The summed E-state index contributed by atoms with van der Waals surface area (Å²) in [6.45, 7) is 2.86. The van der Waals surface area contributed by atoms with Crippen LogP contribution in [-0.4, -0.2) is 25.5 Å². The van der Waals surface area contributed by atoms with Gasteiger partial charge in [0.15, 0.2) is 5.78 Å². The number of esters is 1. The average Bonchev–Trinajstić information content (AvgIpc) is 2.71. The molecule has 0 spiro atoms. The number of Topliss-reactive ketones (excluding diaryl/α,β-unsaturated/α-hetero) is 1. The third kappa shape index (κ3) is 11.1. The molecule has 0 heterocycles. The molecule has 0 saturated heterocycles. The maximum Gasteiger partial charge on any atom is 0.313 e. The lowest BCUT2D eigenvalue weighted by molar-refractivity contribution is -0.139. The van der Waals surface area contributed by atoms with E-state index in [-0.39, 0.29) is 12.2 Å². The van der Waals surface area contributed by atoms with Crippen molar-refractivity contribution in [3.8, 4) is 5.75 Å². The van der Waals surface area contributed by atoms with Crippen LogP contribution < -0.4 is 4.74 Å². The minimum absolute atomic E-state index is 0.254. The van der Waals surface area contributed by atoms with Gasteiger partial charge in [-0.3, -0.25) is 9.59 Å². The largest absolute Gasteiger partial charge is 0.493 e. The Hall–Kier alpha value is -1.84. The van der Waals surface area contributed by atoms with Crippen molar-refractivity contribution in [1.82, 2.24) is 0 Å². The lowest BCUT2D eigenvalue weighted by Gasteiger charge is -2.10. The van der Waals surface area contributed by atoms with Gasteiger partial charge in [0.2, 0.25) is 0 Å². The van der Waals surface area contributed by atoms with E-state index in [0.29, 0.717) is 17.9 Å². The Balaban J connectivity index is 2.10. The van der Waals surface area contributed by atoms with Crippen LogP contribution in [0.5, 0.6) is 5.75 Å². The maximum absolute atomic E-state index is 12.2.